The van der Waals surface area contributed by atoms with Gasteiger partial charge in [0.05, 0.1) is 0 Å². The van der Waals surface area contributed by atoms with E-state index in [-0.39, 0.29) is 11.9 Å². The highest BCUT2D eigenvalue weighted by atomic mass is 16.5. The summed E-state index contributed by atoms with van der Waals surface area (Å²) in [4.78, 5) is 26.2. The van der Waals surface area contributed by atoms with Crippen LogP contribution in [-0.4, -0.2) is 37.1 Å². The van der Waals surface area contributed by atoms with E-state index in [1.54, 1.807) is 36.3 Å². The van der Waals surface area contributed by atoms with E-state index in [1.807, 2.05) is 24.3 Å². The first-order chi connectivity index (χ1) is 12.7. The van der Waals surface area contributed by atoms with Gasteiger partial charge in [0.1, 0.15) is 0 Å². The van der Waals surface area contributed by atoms with Crippen molar-refractivity contribution in [1.82, 2.24) is 10.2 Å². The summed E-state index contributed by atoms with van der Waals surface area (Å²) in [5.41, 5.74) is 3.60. The standard InChI is InChI=1S/C20H23N3O3/c1-26-12-4-11-21-19(24)15-7-9-18(10-8-15)22-20(25)23-13-16-5-2-3-6-17(16)14-23/h2-3,5-10H,4,11-14H2,1H3,(H,21,24)(H,22,25). The van der Waals surface area contributed by atoms with Crippen molar-refractivity contribution in [2.45, 2.75) is 19.5 Å². The fraction of sp³-hybridized carbons (Fsp3) is 0.300. The number of benzene rings is 2. The van der Waals surface area contributed by atoms with E-state index in [9.17, 15) is 9.59 Å². The van der Waals surface area contributed by atoms with Crippen LogP contribution in [0.1, 0.15) is 27.9 Å². The quantitative estimate of drug-likeness (QED) is 0.784. The van der Waals surface area contributed by atoms with Crippen molar-refractivity contribution in [3.63, 3.8) is 0 Å². The highest BCUT2D eigenvalue weighted by Crippen LogP contribution is 2.23. The Balaban J connectivity index is 1.51. The Morgan fingerprint density at radius 2 is 1.69 bits per heavy atom. The van der Waals surface area contributed by atoms with E-state index in [0.29, 0.717) is 37.5 Å². The summed E-state index contributed by atoms with van der Waals surface area (Å²) in [5, 5.41) is 5.72. The molecule has 0 unspecified atom stereocenters. The number of carbonyl (C=O) groups is 2. The van der Waals surface area contributed by atoms with Crippen LogP contribution in [0.15, 0.2) is 48.5 Å². The van der Waals surface area contributed by atoms with Gasteiger partial charge in [-0.2, -0.15) is 0 Å². The molecule has 0 radical (unpaired) electrons. The van der Waals surface area contributed by atoms with Gasteiger partial charge in [-0.05, 0) is 41.8 Å². The lowest BCUT2D eigenvalue weighted by Gasteiger charge is -2.16. The molecule has 1 heterocycles. The summed E-state index contributed by atoms with van der Waals surface area (Å²) in [6.45, 7) is 2.42. The monoisotopic (exact) mass is 353 g/mol. The zero-order valence-corrected chi connectivity index (χ0v) is 14.8. The zero-order valence-electron chi connectivity index (χ0n) is 14.8. The van der Waals surface area contributed by atoms with Crippen LogP contribution in [0.4, 0.5) is 10.5 Å². The summed E-state index contributed by atoms with van der Waals surface area (Å²) in [7, 11) is 1.63. The number of hydrogen-bond acceptors (Lipinski definition) is 3. The number of urea groups is 1. The fourth-order valence-electron chi connectivity index (χ4n) is 2.90. The lowest BCUT2D eigenvalue weighted by Crippen LogP contribution is -2.30. The van der Waals surface area contributed by atoms with Crippen LogP contribution in [0.3, 0.4) is 0 Å². The highest BCUT2D eigenvalue weighted by Gasteiger charge is 2.22. The van der Waals surface area contributed by atoms with Gasteiger partial charge in [-0.25, -0.2) is 4.79 Å². The van der Waals surface area contributed by atoms with Crippen molar-refractivity contribution >= 4 is 17.6 Å². The maximum absolute atomic E-state index is 12.4. The van der Waals surface area contributed by atoms with Gasteiger partial charge < -0.3 is 20.3 Å². The molecule has 0 bridgehead atoms. The smallest absolute Gasteiger partial charge is 0.322 e. The Morgan fingerprint density at radius 3 is 2.31 bits per heavy atom. The number of nitrogens with one attached hydrogen (secondary N) is 2. The maximum atomic E-state index is 12.4. The van der Waals surface area contributed by atoms with Crippen molar-refractivity contribution in [3.8, 4) is 0 Å². The SMILES string of the molecule is COCCCNC(=O)c1ccc(NC(=O)N2Cc3ccccc3C2)cc1. The Kier molecular flexibility index (Phi) is 5.86. The first kappa shape index (κ1) is 17.9. The van der Waals surface area contributed by atoms with Crippen molar-refractivity contribution in [1.29, 1.82) is 0 Å². The number of carbonyl (C=O) groups excluding carboxylic acids is 2. The van der Waals surface area contributed by atoms with Gasteiger partial charge >= 0.3 is 6.03 Å². The number of ether oxygens (including phenoxy) is 1. The molecule has 0 saturated heterocycles. The summed E-state index contributed by atoms with van der Waals surface area (Å²) in [5.74, 6) is -0.131. The minimum absolute atomic E-state index is 0.131. The molecule has 136 valence electrons. The molecular weight excluding hydrogens is 330 g/mol. The molecule has 0 aliphatic carbocycles. The highest BCUT2D eigenvalue weighted by molar-refractivity contribution is 5.95. The predicted octanol–water partition coefficient (Wildman–Crippen LogP) is 3.00. The summed E-state index contributed by atoms with van der Waals surface area (Å²) < 4.78 is 4.95. The minimum Gasteiger partial charge on any atom is -0.385 e. The molecule has 3 amide bonds. The van der Waals surface area contributed by atoms with E-state index in [4.69, 9.17) is 4.74 Å². The molecule has 6 nitrogen and oxygen atoms in total. The fourth-order valence-corrected chi connectivity index (χ4v) is 2.90. The average Bonchev–Trinajstić information content (AvgIpc) is 3.10. The molecule has 0 spiro atoms. The van der Waals surface area contributed by atoms with E-state index in [2.05, 4.69) is 10.6 Å². The van der Waals surface area contributed by atoms with Crippen LogP contribution in [-0.2, 0) is 17.8 Å². The Morgan fingerprint density at radius 1 is 1.04 bits per heavy atom. The number of fused-ring (bicyclic) bond motifs is 1. The van der Waals surface area contributed by atoms with Crippen molar-refractivity contribution in [2.75, 3.05) is 25.6 Å². The Hall–Kier alpha value is -2.86. The van der Waals surface area contributed by atoms with Crippen LogP contribution in [0, 0.1) is 0 Å². The van der Waals surface area contributed by atoms with Crippen LogP contribution in [0.2, 0.25) is 0 Å². The molecule has 2 aromatic carbocycles. The molecule has 1 aliphatic rings. The second kappa shape index (κ2) is 8.49. The lowest BCUT2D eigenvalue weighted by atomic mass is 10.1. The number of anilines is 1. The molecule has 0 fully saturated rings. The molecule has 6 heteroatoms. The molecule has 1 aliphatic heterocycles. The summed E-state index contributed by atoms with van der Waals surface area (Å²) in [6.07, 6.45) is 0.772. The van der Waals surface area contributed by atoms with Gasteiger partial charge in [-0.1, -0.05) is 24.3 Å². The van der Waals surface area contributed by atoms with E-state index in [1.165, 1.54) is 11.1 Å². The third-order valence-corrected chi connectivity index (χ3v) is 4.34. The van der Waals surface area contributed by atoms with Crippen LogP contribution >= 0.6 is 0 Å². The Labute approximate surface area is 153 Å². The molecule has 0 atom stereocenters. The van der Waals surface area contributed by atoms with Crippen molar-refractivity contribution < 1.29 is 14.3 Å². The molecule has 2 N–H and O–H groups in total. The normalized spacial score (nSPS) is 12.6. The van der Waals surface area contributed by atoms with Gasteiger partial charge in [0.15, 0.2) is 0 Å². The second-order valence-corrected chi connectivity index (χ2v) is 6.23. The third kappa shape index (κ3) is 4.40. The Bertz CT molecular complexity index is 749. The van der Waals surface area contributed by atoms with Gasteiger partial charge in [-0.15, -0.1) is 0 Å². The maximum Gasteiger partial charge on any atom is 0.322 e. The van der Waals surface area contributed by atoms with Gasteiger partial charge in [0.2, 0.25) is 0 Å². The predicted molar refractivity (Wildman–Crippen MR) is 100.0 cm³/mol. The number of amides is 3. The second-order valence-electron chi connectivity index (χ2n) is 6.23. The number of rotatable bonds is 6. The average molecular weight is 353 g/mol. The van der Waals surface area contributed by atoms with Crippen LogP contribution < -0.4 is 10.6 Å². The topological polar surface area (TPSA) is 70.7 Å². The minimum atomic E-state index is -0.141. The van der Waals surface area contributed by atoms with Crippen LogP contribution in [0.25, 0.3) is 0 Å². The molecule has 0 aromatic heterocycles. The molecule has 2 aromatic rings. The van der Waals surface area contributed by atoms with E-state index < -0.39 is 0 Å². The summed E-state index contributed by atoms with van der Waals surface area (Å²) in [6, 6.07) is 14.8. The largest absolute Gasteiger partial charge is 0.385 e. The van der Waals surface area contributed by atoms with Gasteiger partial charge in [-0.3, -0.25) is 4.79 Å². The molecular formula is C20H23N3O3. The first-order valence-electron chi connectivity index (χ1n) is 8.67. The van der Waals surface area contributed by atoms with E-state index >= 15 is 0 Å². The number of methoxy groups -OCH3 is 1. The van der Waals surface area contributed by atoms with Crippen molar-refractivity contribution in [3.05, 3.63) is 65.2 Å². The molecule has 0 saturated carbocycles. The molecule has 26 heavy (non-hydrogen) atoms. The number of hydrogen-bond donors (Lipinski definition) is 2. The zero-order chi connectivity index (χ0) is 18.4. The van der Waals surface area contributed by atoms with Gasteiger partial charge in [0, 0.05) is 44.6 Å². The van der Waals surface area contributed by atoms with Crippen LogP contribution in [0.5, 0.6) is 0 Å². The lowest BCUT2D eigenvalue weighted by molar-refractivity contribution is 0.0948. The van der Waals surface area contributed by atoms with Crippen molar-refractivity contribution in [2.24, 2.45) is 0 Å². The van der Waals surface area contributed by atoms with Gasteiger partial charge in [0.25, 0.3) is 5.91 Å². The molecule has 3 rings (SSSR count). The number of nitrogens with zero attached hydrogens (tertiary/aromatic N) is 1. The third-order valence-electron chi connectivity index (χ3n) is 4.34. The van der Waals surface area contributed by atoms with E-state index in [0.717, 1.165) is 6.42 Å². The first-order valence-corrected chi connectivity index (χ1v) is 8.67. The summed E-state index contributed by atoms with van der Waals surface area (Å²) >= 11 is 0.